The Bertz CT molecular complexity index is 431. The third-order valence-corrected chi connectivity index (χ3v) is 3.62. The van der Waals surface area contributed by atoms with Gasteiger partial charge in [-0.15, -0.1) is 0 Å². The van der Waals surface area contributed by atoms with Gasteiger partial charge in [0.25, 0.3) is 0 Å². The number of benzene rings is 1. The number of hydrogen-bond donors (Lipinski definition) is 0. The summed E-state index contributed by atoms with van der Waals surface area (Å²) in [5.74, 6) is -3.20. The van der Waals surface area contributed by atoms with E-state index in [-0.39, 0.29) is 49.7 Å². The van der Waals surface area contributed by atoms with Gasteiger partial charge in [0.1, 0.15) is 0 Å². The molecule has 5 heteroatoms. The van der Waals surface area contributed by atoms with E-state index in [1.54, 1.807) is 18.2 Å². The Morgan fingerprint density at radius 3 is 1.95 bits per heavy atom. The normalized spacial score (nSPS) is 10.7. The second kappa shape index (κ2) is 10.2. The first-order valence-corrected chi connectivity index (χ1v) is 7.04. The van der Waals surface area contributed by atoms with Crippen LogP contribution in [-0.4, -0.2) is 49.7 Å². The maximum Gasteiger partial charge on any atom is 2.00 e. The number of unbranched alkanes of at least 4 members (excludes halogenated alkanes) is 4. The number of hydrogen-bond acceptors (Lipinski definition) is 4. The van der Waals surface area contributed by atoms with Gasteiger partial charge < -0.3 is 19.8 Å². The molecule has 0 bridgehead atoms. The fourth-order valence-corrected chi connectivity index (χ4v) is 2.38. The Hall–Kier alpha value is -0.580. The predicted octanol–water partition coefficient (Wildman–Crippen LogP) is 0.404. The zero-order chi connectivity index (χ0) is 15.0. The number of carboxylic acid groups (broad SMARTS) is 2. The van der Waals surface area contributed by atoms with Gasteiger partial charge in [0, 0.05) is 0 Å². The topological polar surface area (TPSA) is 80.3 Å². The van der Waals surface area contributed by atoms with Crippen LogP contribution >= 0.6 is 0 Å². The summed E-state index contributed by atoms with van der Waals surface area (Å²) in [6.07, 6.45) is 4.45. The van der Waals surface area contributed by atoms with E-state index in [1.807, 2.05) is 0 Å². The third-order valence-electron chi connectivity index (χ3n) is 3.62. The molecule has 0 aromatic heterocycles. The fraction of sp³-hybridized carbons (Fsp3) is 0.500. The van der Waals surface area contributed by atoms with Gasteiger partial charge in [0.15, 0.2) is 0 Å². The predicted molar refractivity (Wildman–Crippen MR) is 77.3 cm³/mol. The van der Waals surface area contributed by atoms with Crippen LogP contribution in [-0.2, 0) is 15.0 Å². The minimum atomic E-state index is -2.05. The van der Waals surface area contributed by atoms with Gasteiger partial charge in [0.05, 0.1) is 17.4 Å². The summed E-state index contributed by atoms with van der Waals surface area (Å²) in [6.45, 7) is 2.08. The van der Waals surface area contributed by atoms with Gasteiger partial charge in [0.2, 0.25) is 0 Å². The largest absolute Gasteiger partial charge is 2.00 e. The van der Waals surface area contributed by atoms with Crippen LogP contribution < -0.4 is 10.2 Å². The Morgan fingerprint density at radius 1 is 0.952 bits per heavy atom. The molecule has 0 atom stereocenters. The first-order chi connectivity index (χ1) is 9.55. The van der Waals surface area contributed by atoms with Crippen molar-refractivity contribution in [2.24, 2.45) is 0 Å². The van der Waals surface area contributed by atoms with Gasteiger partial charge in [-0.25, -0.2) is 0 Å². The summed E-state index contributed by atoms with van der Waals surface area (Å²) in [4.78, 5) is 22.9. The van der Waals surface area contributed by atoms with Crippen molar-refractivity contribution < 1.29 is 19.8 Å². The van der Waals surface area contributed by atoms with Crippen molar-refractivity contribution in [1.29, 1.82) is 0 Å². The van der Waals surface area contributed by atoms with Crippen LogP contribution in [0.2, 0.25) is 0 Å². The summed E-state index contributed by atoms with van der Waals surface area (Å²) >= 11 is 0. The number of carbonyl (C=O) groups excluding carboxylic acids is 2. The molecule has 1 rings (SSSR count). The average molecular weight is 316 g/mol. The Labute approximate surface area is 155 Å². The summed E-state index contributed by atoms with van der Waals surface area (Å²) < 4.78 is 0. The summed E-state index contributed by atoms with van der Waals surface area (Å²) in [5.41, 5.74) is -1.83. The number of carbonyl (C=O) groups is 2. The molecule has 0 aliphatic carbocycles. The molecule has 1 aromatic rings. The Balaban J connectivity index is 0.00000400. The van der Waals surface area contributed by atoms with Crippen molar-refractivity contribution in [2.75, 3.05) is 0 Å². The molecule has 0 amide bonds. The van der Waals surface area contributed by atoms with Crippen LogP contribution in [0.1, 0.15) is 51.0 Å². The molecule has 0 fully saturated rings. The molecule has 4 nitrogen and oxygen atoms in total. The van der Waals surface area contributed by atoms with Crippen molar-refractivity contribution >= 4 is 49.7 Å². The monoisotopic (exact) mass is 316 g/mol. The Kier molecular flexibility index (Phi) is 9.92. The smallest absolute Gasteiger partial charge is 0.549 e. The standard InChI is InChI=1S/C16H22O4.Ca/c1-2-3-4-5-9-12-16(14(17)18,15(19)20)13-10-7-6-8-11-13;/h6-8,10-11H,2-5,9,12H2,1H3,(H,17,18)(H,19,20);/q;+2/p-2. The maximum absolute atomic E-state index is 11.5. The molecule has 0 aliphatic heterocycles. The molecular formula is C16H20CaO4. The first kappa shape index (κ1) is 20.4. The second-order valence-corrected chi connectivity index (χ2v) is 5.01. The van der Waals surface area contributed by atoms with E-state index < -0.39 is 17.4 Å². The molecule has 0 spiro atoms. The molecule has 0 N–H and O–H groups in total. The zero-order valence-corrected chi connectivity index (χ0v) is 14.7. The van der Waals surface area contributed by atoms with E-state index in [0.717, 1.165) is 25.7 Å². The van der Waals surface area contributed by atoms with E-state index in [1.165, 1.54) is 12.1 Å². The van der Waals surface area contributed by atoms with Crippen molar-refractivity contribution in [3.63, 3.8) is 0 Å². The van der Waals surface area contributed by atoms with Crippen molar-refractivity contribution in [3.8, 4) is 0 Å². The van der Waals surface area contributed by atoms with Gasteiger partial charge in [-0.1, -0.05) is 69.4 Å². The van der Waals surface area contributed by atoms with Gasteiger partial charge in [-0.3, -0.25) is 0 Å². The van der Waals surface area contributed by atoms with Crippen LogP contribution in [0.4, 0.5) is 0 Å². The van der Waals surface area contributed by atoms with Crippen LogP contribution in [0, 0.1) is 0 Å². The first-order valence-electron chi connectivity index (χ1n) is 7.04. The molecule has 1 aromatic carbocycles. The molecular weight excluding hydrogens is 296 g/mol. The van der Waals surface area contributed by atoms with Crippen molar-refractivity contribution in [1.82, 2.24) is 0 Å². The molecule has 0 heterocycles. The van der Waals surface area contributed by atoms with E-state index >= 15 is 0 Å². The van der Waals surface area contributed by atoms with Gasteiger partial charge in [-0.2, -0.15) is 0 Å². The summed E-state index contributed by atoms with van der Waals surface area (Å²) in [7, 11) is 0. The maximum atomic E-state index is 11.5. The number of aliphatic carboxylic acids is 2. The molecule has 0 radical (unpaired) electrons. The molecule has 0 saturated heterocycles. The molecule has 21 heavy (non-hydrogen) atoms. The number of rotatable bonds is 9. The van der Waals surface area contributed by atoms with Gasteiger partial charge in [-0.05, 0) is 12.0 Å². The van der Waals surface area contributed by atoms with Crippen LogP contribution in [0.5, 0.6) is 0 Å². The molecule has 0 unspecified atom stereocenters. The SMILES string of the molecule is CCCCCCCC(C(=O)[O-])(C(=O)[O-])c1ccccc1.[Ca+2]. The molecule has 0 saturated carbocycles. The summed E-state index contributed by atoms with van der Waals surface area (Å²) in [6, 6.07) is 7.94. The minimum Gasteiger partial charge on any atom is -0.549 e. The fourth-order valence-electron chi connectivity index (χ4n) is 2.38. The second-order valence-electron chi connectivity index (χ2n) is 5.01. The van der Waals surface area contributed by atoms with Gasteiger partial charge >= 0.3 is 37.7 Å². The summed E-state index contributed by atoms with van der Waals surface area (Å²) in [5, 5.41) is 22.9. The van der Waals surface area contributed by atoms with Crippen LogP contribution in [0.15, 0.2) is 30.3 Å². The van der Waals surface area contributed by atoms with E-state index in [4.69, 9.17) is 0 Å². The van der Waals surface area contributed by atoms with Crippen molar-refractivity contribution in [3.05, 3.63) is 35.9 Å². The van der Waals surface area contributed by atoms with E-state index in [9.17, 15) is 19.8 Å². The van der Waals surface area contributed by atoms with Crippen LogP contribution in [0.25, 0.3) is 0 Å². The van der Waals surface area contributed by atoms with E-state index in [0.29, 0.717) is 6.42 Å². The number of carboxylic acids is 2. The quantitative estimate of drug-likeness (QED) is 0.375. The van der Waals surface area contributed by atoms with Crippen LogP contribution in [0.3, 0.4) is 0 Å². The minimum absolute atomic E-state index is 0. The zero-order valence-electron chi connectivity index (χ0n) is 12.5. The molecule has 110 valence electrons. The van der Waals surface area contributed by atoms with Crippen molar-refractivity contribution in [2.45, 2.75) is 50.9 Å². The molecule has 0 aliphatic rings. The van der Waals surface area contributed by atoms with E-state index in [2.05, 4.69) is 6.92 Å². The average Bonchev–Trinajstić information content (AvgIpc) is 2.43. The third kappa shape index (κ3) is 5.28. The Morgan fingerprint density at radius 2 is 1.48 bits per heavy atom.